The fraction of sp³-hybridized carbons (Fsp3) is 0.333. The summed E-state index contributed by atoms with van der Waals surface area (Å²) in [4.78, 5) is 14.5. The number of esters is 1. The lowest BCUT2D eigenvalue weighted by Crippen LogP contribution is -2.06. The van der Waals surface area contributed by atoms with Gasteiger partial charge in [-0.15, -0.1) is 0 Å². The number of carbonyl (C=O) groups is 1. The van der Waals surface area contributed by atoms with E-state index in [0.29, 0.717) is 5.56 Å². The van der Waals surface area contributed by atoms with Crippen molar-refractivity contribution in [2.75, 3.05) is 7.11 Å². The Morgan fingerprint density at radius 1 is 1.69 bits per heavy atom. The molecule has 1 aromatic heterocycles. The largest absolute Gasteiger partial charge is 0.469 e. The van der Waals surface area contributed by atoms with Crippen LogP contribution in [-0.2, 0) is 16.0 Å². The minimum atomic E-state index is -2.75. The summed E-state index contributed by atoms with van der Waals surface area (Å²) in [5, 5.41) is -0.184. The number of carbonyl (C=O) groups excluding carboxylic acids is 1. The molecule has 16 heavy (non-hydrogen) atoms. The SMILES string of the molecule is COC(=O)Cc1cnc(C(F)F)c(Cl)c1Br. The first-order valence-corrected chi connectivity index (χ1v) is 5.32. The van der Waals surface area contributed by atoms with E-state index in [2.05, 4.69) is 25.7 Å². The molecule has 7 heteroatoms. The number of halogens is 4. The zero-order chi connectivity index (χ0) is 12.3. The third-order valence-electron chi connectivity index (χ3n) is 1.83. The number of alkyl halides is 2. The topological polar surface area (TPSA) is 39.2 Å². The average molecular weight is 315 g/mol. The molecule has 0 amide bonds. The molecule has 0 unspecified atom stereocenters. The molecule has 0 aliphatic carbocycles. The van der Waals surface area contributed by atoms with Crippen LogP contribution in [0.15, 0.2) is 10.7 Å². The number of hydrogen-bond acceptors (Lipinski definition) is 3. The van der Waals surface area contributed by atoms with Crippen LogP contribution in [0.2, 0.25) is 5.02 Å². The summed E-state index contributed by atoms with van der Waals surface area (Å²) in [6.07, 6.45) is -1.65. The maximum absolute atomic E-state index is 12.4. The van der Waals surface area contributed by atoms with Gasteiger partial charge in [0.25, 0.3) is 6.43 Å². The highest BCUT2D eigenvalue weighted by molar-refractivity contribution is 9.10. The van der Waals surface area contributed by atoms with Crippen LogP contribution in [0.4, 0.5) is 8.78 Å². The molecular formula is C9H7BrClF2NO2. The highest BCUT2D eigenvalue weighted by Gasteiger charge is 2.19. The molecule has 0 bridgehead atoms. The van der Waals surface area contributed by atoms with E-state index in [-0.39, 0.29) is 15.9 Å². The van der Waals surface area contributed by atoms with Gasteiger partial charge in [0.1, 0.15) is 5.69 Å². The summed E-state index contributed by atoms with van der Waals surface area (Å²) < 4.78 is 29.5. The van der Waals surface area contributed by atoms with Gasteiger partial charge in [0.2, 0.25) is 0 Å². The quantitative estimate of drug-likeness (QED) is 0.805. The second kappa shape index (κ2) is 5.54. The summed E-state index contributed by atoms with van der Waals surface area (Å²) in [5.41, 5.74) is -0.108. The van der Waals surface area contributed by atoms with Gasteiger partial charge < -0.3 is 4.74 Å². The van der Waals surface area contributed by atoms with Crippen molar-refractivity contribution in [3.05, 3.63) is 26.9 Å². The standard InChI is InChI=1S/C9H7BrClF2NO2/c1-16-5(15)2-4-3-14-8(9(12)13)7(11)6(4)10/h3,9H,2H2,1H3. The molecule has 88 valence electrons. The van der Waals surface area contributed by atoms with Crippen LogP contribution < -0.4 is 0 Å². The van der Waals surface area contributed by atoms with Crippen molar-refractivity contribution in [1.82, 2.24) is 4.98 Å². The van der Waals surface area contributed by atoms with Crippen LogP contribution >= 0.6 is 27.5 Å². The molecule has 0 spiro atoms. The molecule has 0 aliphatic rings. The molecule has 0 atom stereocenters. The van der Waals surface area contributed by atoms with Crippen molar-refractivity contribution in [2.24, 2.45) is 0 Å². The number of ether oxygens (including phenoxy) is 1. The van der Waals surface area contributed by atoms with Gasteiger partial charge in [0, 0.05) is 10.7 Å². The first kappa shape index (κ1) is 13.3. The van der Waals surface area contributed by atoms with Crippen molar-refractivity contribution in [2.45, 2.75) is 12.8 Å². The molecule has 0 radical (unpaired) electrons. The van der Waals surface area contributed by atoms with Crippen molar-refractivity contribution < 1.29 is 18.3 Å². The van der Waals surface area contributed by atoms with Gasteiger partial charge >= 0.3 is 5.97 Å². The highest BCUT2D eigenvalue weighted by atomic mass is 79.9. The summed E-state index contributed by atoms with van der Waals surface area (Å²) in [7, 11) is 1.23. The third kappa shape index (κ3) is 2.89. The molecule has 1 rings (SSSR count). The van der Waals surface area contributed by atoms with Crippen molar-refractivity contribution >= 4 is 33.5 Å². The fourth-order valence-corrected chi connectivity index (χ4v) is 1.72. The van der Waals surface area contributed by atoms with E-state index in [4.69, 9.17) is 11.6 Å². The minimum absolute atomic E-state index is 0.0761. The molecule has 0 N–H and O–H groups in total. The van der Waals surface area contributed by atoms with Gasteiger partial charge in [0.15, 0.2) is 0 Å². The monoisotopic (exact) mass is 313 g/mol. The molecule has 0 aliphatic heterocycles. The summed E-state index contributed by atoms with van der Waals surface area (Å²) in [6, 6.07) is 0. The Morgan fingerprint density at radius 3 is 2.81 bits per heavy atom. The Hall–Kier alpha value is -0.750. The Labute approximate surface area is 104 Å². The smallest absolute Gasteiger partial charge is 0.310 e. The predicted octanol–water partition coefficient (Wildman–Crippen LogP) is 3.15. The summed E-state index contributed by atoms with van der Waals surface area (Å²) in [6.45, 7) is 0. The maximum atomic E-state index is 12.4. The molecule has 0 fully saturated rings. The summed E-state index contributed by atoms with van der Waals surface area (Å²) in [5.74, 6) is -0.497. The van der Waals surface area contributed by atoms with E-state index >= 15 is 0 Å². The van der Waals surface area contributed by atoms with E-state index in [1.165, 1.54) is 13.3 Å². The number of rotatable bonds is 3. The lowest BCUT2D eigenvalue weighted by atomic mass is 10.2. The Balaban J connectivity index is 3.07. The van der Waals surface area contributed by atoms with Crippen molar-refractivity contribution in [1.29, 1.82) is 0 Å². The summed E-state index contributed by atoms with van der Waals surface area (Å²) >= 11 is 8.72. The van der Waals surface area contributed by atoms with E-state index in [1.807, 2.05) is 0 Å². The third-order valence-corrected chi connectivity index (χ3v) is 3.34. The average Bonchev–Trinajstić information content (AvgIpc) is 2.24. The zero-order valence-corrected chi connectivity index (χ0v) is 10.5. The molecule has 1 aromatic rings. The molecule has 1 heterocycles. The van der Waals surface area contributed by atoms with Crippen LogP contribution in [0.1, 0.15) is 17.7 Å². The lowest BCUT2D eigenvalue weighted by molar-refractivity contribution is -0.139. The number of pyridine rings is 1. The number of nitrogens with zero attached hydrogens (tertiary/aromatic N) is 1. The van der Waals surface area contributed by atoms with E-state index < -0.39 is 18.1 Å². The van der Waals surface area contributed by atoms with Crippen LogP contribution in [-0.4, -0.2) is 18.1 Å². The molecular weight excluding hydrogens is 307 g/mol. The number of methoxy groups -OCH3 is 1. The van der Waals surface area contributed by atoms with E-state index in [9.17, 15) is 13.6 Å². The first-order chi connectivity index (χ1) is 7.47. The van der Waals surface area contributed by atoms with Gasteiger partial charge in [0.05, 0.1) is 18.6 Å². The predicted molar refractivity (Wildman–Crippen MR) is 57.6 cm³/mol. The number of hydrogen-bond donors (Lipinski definition) is 0. The van der Waals surface area contributed by atoms with E-state index in [1.54, 1.807) is 0 Å². The van der Waals surface area contributed by atoms with Gasteiger partial charge in [-0.05, 0) is 21.5 Å². The Kier molecular flexibility index (Phi) is 4.61. The second-order valence-electron chi connectivity index (χ2n) is 2.85. The van der Waals surface area contributed by atoms with Crippen LogP contribution in [0.25, 0.3) is 0 Å². The fourth-order valence-electron chi connectivity index (χ4n) is 1.02. The van der Waals surface area contributed by atoms with Crippen LogP contribution in [0.3, 0.4) is 0 Å². The lowest BCUT2D eigenvalue weighted by Gasteiger charge is -2.08. The van der Waals surface area contributed by atoms with Gasteiger partial charge in [-0.3, -0.25) is 9.78 Å². The molecule has 0 saturated heterocycles. The van der Waals surface area contributed by atoms with Gasteiger partial charge in [-0.2, -0.15) is 0 Å². The Morgan fingerprint density at radius 2 is 2.31 bits per heavy atom. The maximum Gasteiger partial charge on any atom is 0.310 e. The van der Waals surface area contributed by atoms with Gasteiger partial charge in [-0.1, -0.05) is 11.6 Å². The van der Waals surface area contributed by atoms with Gasteiger partial charge in [-0.25, -0.2) is 8.78 Å². The number of aromatic nitrogens is 1. The molecule has 0 aromatic carbocycles. The normalized spacial score (nSPS) is 10.6. The van der Waals surface area contributed by atoms with Crippen molar-refractivity contribution in [3.8, 4) is 0 Å². The molecule has 3 nitrogen and oxygen atoms in total. The highest BCUT2D eigenvalue weighted by Crippen LogP contribution is 2.33. The Bertz CT molecular complexity index is 415. The molecule has 0 saturated carbocycles. The zero-order valence-electron chi connectivity index (χ0n) is 8.14. The minimum Gasteiger partial charge on any atom is -0.469 e. The van der Waals surface area contributed by atoms with Crippen LogP contribution in [0, 0.1) is 0 Å². The second-order valence-corrected chi connectivity index (χ2v) is 4.02. The van der Waals surface area contributed by atoms with Crippen molar-refractivity contribution in [3.63, 3.8) is 0 Å². The first-order valence-electron chi connectivity index (χ1n) is 4.15. The van der Waals surface area contributed by atoms with Crippen LogP contribution in [0.5, 0.6) is 0 Å². The van der Waals surface area contributed by atoms with E-state index in [0.717, 1.165) is 0 Å².